The third kappa shape index (κ3) is 4.87. The molecule has 1 aromatic carbocycles. The van der Waals surface area contributed by atoms with Gasteiger partial charge in [0.25, 0.3) is 0 Å². The Kier molecular flexibility index (Phi) is 6.35. The maximum absolute atomic E-state index is 6.44. The normalized spacial score (nSPS) is 12.0. The minimum atomic E-state index is -0.133. The van der Waals surface area contributed by atoms with Crippen LogP contribution >= 0.6 is 34.7 Å². The maximum Gasteiger partial charge on any atom is 0.219 e. The summed E-state index contributed by atoms with van der Waals surface area (Å²) in [6.07, 6.45) is 1.76. The monoisotopic (exact) mass is 399 g/mol. The first-order valence-corrected chi connectivity index (χ1v) is 9.54. The van der Waals surface area contributed by atoms with Crippen molar-refractivity contribution < 1.29 is 4.74 Å². The summed E-state index contributed by atoms with van der Waals surface area (Å²) in [7, 11) is 1.96. The van der Waals surface area contributed by atoms with Crippen LogP contribution in [0.2, 0.25) is 10.0 Å². The van der Waals surface area contributed by atoms with Gasteiger partial charge in [-0.2, -0.15) is 4.37 Å². The number of aromatic nitrogens is 1. The van der Waals surface area contributed by atoms with Crippen LogP contribution in [0.5, 0.6) is 10.8 Å². The third-order valence-electron chi connectivity index (χ3n) is 3.66. The van der Waals surface area contributed by atoms with E-state index >= 15 is 0 Å². The van der Waals surface area contributed by atoms with Crippen LogP contribution in [-0.4, -0.2) is 29.2 Å². The highest BCUT2D eigenvalue weighted by Gasteiger charge is 2.25. The molecular formula is C18H23Cl2N3OS. The van der Waals surface area contributed by atoms with E-state index < -0.39 is 0 Å². The van der Waals surface area contributed by atoms with E-state index in [0.29, 0.717) is 26.5 Å². The molecule has 0 N–H and O–H groups in total. The van der Waals surface area contributed by atoms with Crippen LogP contribution in [0.15, 0.2) is 17.1 Å². The number of nitrogens with zero attached hydrogens (tertiary/aromatic N) is 3. The van der Waals surface area contributed by atoms with E-state index in [4.69, 9.17) is 27.9 Å². The van der Waals surface area contributed by atoms with E-state index in [1.165, 1.54) is 11.5 Å². The molecule has 7 heteroatoms. The van der Waals surface area contributed by atoms with Gasteiger partial charge in [0.1, 0.15) is 10.8 Å². The fourth-order valence-corrected chi connectivity index (χ4v) is 3.56. The highest BCUT2D eigenvalue weighted by atomic mass is 35.5. The van der Waals surface area contributed by atoms with Gasteiger partial charge in [0.05, 0.1) is 22.7 Å². The second-order valence-corrected chi connectivity index (χ2v) is 8.39. The van der Waals surface area contributed by atoms with Crippen molar-refractivity contribution in [3.05, 3.63) is 33.4 Å². The van der Waals surface area contributed by atoms with Gasteiger partial charge in [0.2, 0.25) is 5.06 Å². The van der Waals surface area contributed by atoms with E-state index in [2.05, 4.69) is 37.1 Å². The van der Waals surface area contributed by atoms with E-state index in [9.17, 15) is 0 Å². The molecule has 2 rings (SSSR count). The number of halogens is 2. The van der Waals surface area contributed by atoms with Crippen LogP contribution in [0.25, 0.3) is 0 Å². The second kappa shape index (κ2) is 7.94. The van der Waals surface area contributed by atoms with Gasteiger partial charge < -0.3 is 9.64 Å². The predicted molar refractivity (Wildman–Crippen MR) is 109 cm³/mol. The summed E-state index contributed by atoms with van der Waals surface area (Å²) in [4.78, 5) is 6.39. The summed E-state index contributed by atoms with van der Waals surface area (Å²) in [6, 6.07) is 3.67. The zero-order valence-corrected chi connectivity index (χ0v) is 17.7. The van der Waals surface area contributed by atoms with Crippen LogP contribution in [0.1, 0.15) is 39.0 Å². The first-order chi connectivity index (χ1) is 11.6. The zero-order valence-electron chi connectivity index (χ0n) is 15.4. The Morgan fingerprint density at radius 1 is 1.32 bits per heavy atom. The van der Waals surface area contributed by atoms with Crippen molar-refractivity contribution in [2.24, 2.45) is 4.99 Å². The average Bonchev–Trinajstić information content (AvgIpc) is 2.89. The first kappa shape index (κ1) is 20.0. The summed E-state index contributed by atoms with van der Waals surface area (Å²) in [5.41, 5.74) is 2.34. The van der Waals surface area contributed by atoms with Gasteiger partial charge in [-0.05, 0) is 25.5 Å². The number of aryl methyl sites for hydroxylation is 1. The van der Waals surface area contributed by atoms with Gasteiger partial charge >= 0.3 is 0 Å². The summed E-state index contributed by atoms with van der Waals surface area (Å²) < 4.78 is 10.4. The Morgan fingerprint density at radius 2 is 2.00 bits per heavy atom. The molecule has 0 radical (unpaired) electrons. The Morgan fingerprint density at radius 3 is 2.56 bits per heavy atom. The van der Waals surface area contributed by atoms with Crippen molar-refractivity contribution in [2.45, 2.75) is 40.0 Å². The molecule has 1 heterocycles. The molecule has 0 spiro atoms. The number of hydrogen-bond donors (Lipinski definition) is 0. The van der Waals surface area contributed by atoms with Crippen LogP contribution in [0.3, 0.4) is 0 Å². The van der Waals surface area contributed by atoms with E-state index in [1.807, 2.05) is 24.9 Å². The molecule has 25 heavy (non-hydrogen) atoms. The largest absolute Gasteiger partial charge is 0.443 e. The van der Waals surface area contributed by atoms with Crippen LogP contribution < -0.4 is 4.74 Å². The third-order valence-corrected chi connectivity index (χ3v) is 5.15. The molecule has 0 fully saturated rings. The fourth-order valence-electron chi connectivity index (χ4n) is 1.99. The Labute approximate surface area is 163 Å². The van der Waals surface area contributed by atoms with Crippen molar-refractivity contribution >= 4 is 46.8 Å². The fraction of sp³-hybridized carbons (Fsp3) is 0.444. The summed E-state index contributed by atoms with van der Waals surface area (Å²) in [5, 5.41) is 1.66. The van der Waals surface area contributed by atoms with Crippen molar-refractivity contribution in [2.75, 3.05) is 13.6 Å². The standard InChI is InChI=1S/C18H23Cl2N3OS/c1-7-23(6)10-21-13-8-11(2)14(9-12(13)19)24-17-15(20)16(22-25-17)18(3,4)5/h8-10H,7H2,1-6H3. The highest BCUT2D eigenvalue weighted by molar-refractivity contribution is 7.08. The Balaban J connectivity index is 2.29. The molecule has 0 aliphatic rings. The molecule has 0 aliphatic carbocycles. The lowest BCUT2D eigenvalue weighted by Gasteiger charge is -2.15. The highest BCUT2D eigenvalue weighted by Crippen LogP contribution is 2.42. The minimum absolute atomic E-state index is 0.133. The van der Waals surface area contributed by atoms with Crippen molar-refractivity contribution in [3.63, 3.8) is 0 Å². The van der Waals surface area contributed by atoms with Crippen LogP contribution in [0, 0.1) is 6.92 Å². The molecule has 1 aromatic heterocycles. The van der Waals surface area contributed by atoms with Gasteiger partial charge in [-0.1, -0.05) is 44.0 Å². The lowest BCUT2D eigenvalue weighted by Crippen LogP contribution is -2.14. The average molecular weight is 400 g/mol. The molecule has 0 aliphatic heterocycles. The number of hydrogen-bond acceptors (Lipinski definition) is 4. The molecular weight excluding hydrogens is 377 g/mol. The molecule has 0 unspecified atom stereocenters. The summed E-state index contributed by atoms with van der Waals surface area (Å²) in [5.74, 6) is 0.652. The summed E-state index contributed by atoms with van der Waals surface area (Å²) >= 11 is 14.0. The van der Waals surface area contributed by atoms with E-state index in [1.54, 1.807) is 12.4 Å². The summed E-state index contributed by atoms with van der Waals surface area (Å²) in [6.45, 7) is 11.1. The Hall–Kier alpha value is -1.30. The predicted octanol–water partition coefficient (Wildman–Crippen LogP) is 6.46. The number of aliphatic imine (C=N–C) groups is 1. The van der Waals surface area contributed by atoms with Crippen molar-refractivity contribution in [3.8, 4) is 10.8 Å². The lowest BCUT2D eigenvalue weighted by molar-refractivity contribution is 0.490. The van der Waals surface area contributed by atoms with E-state index in [0.717, 1.165) is 17.8 Å². The van der Waals surface area contributed by atoms with Crippen molar-refractivity contribution in [1.29, 1.82) is 0 Å². The topological polar surface area (TPSA) is 37.7 Å². The number of ether oxygens (including phenoxy) is 1. The molecule has 2 aromatic rings. The molecule has 0 saturated carbocycles. The molecule has 136 valence electrons. The first-order valence-electron chi connectivity index (χ1n) is 8.01. The van der Waals surface area contributed by atoms with Crippen molar-refractivity contribution in [1.82, 2.24) is 9.27 Å². The van der Waals surface area contributed by atoms with Gasteiger partial charge in [-0.25, -0.2) is 4.99 Å². The number of benzene rings is 1. The number of rotatable bonds is 5. The smallest absolute Gasteiger partial charge is 0.219 e. The second-order valence-electron chi connectivity index (χ2n) is 6.87. The maximum atomic E-state index is 6.44. The zero-order chi connectivity index (χ0) is 18.8. The molecule has 0 amide bonds. The van der Waals surface area contributed by atoms with Gasteiger partial charge in [-0.3, -0.25) is 0 Å². The van der Waals surface area contributed by atoms with Gasteiger partial charge in [-0.15, -0.1) is 0 Å². The van der Waals surface area contributed by atoms with E-state index in [-0.39, 0.29) is 5.41 Å². The van der Waals surface area contributed by atoms with Gasteiger partial charge in [0, 0.05) is 36.6 Å². The van der Waals surface area contributed by atoms with Crippen LogP contribution in [0.4, 0.5) is 5.69 Å². The molecule has 0 atom stereocenters. The van der Waals surface area contributed by atoms with Crippen LogP contribution in [-0.2, 0) is 5.41 Å². The molecule has 0 bridgehead atoms. The SMILES string of the molecule is CCN(C)C=Nc1cc(C)c(Oc2snc(C(C)(C)C)c2Cl)cc1Cl. The lowest BCUT2D eigenvalue weighted by atomic mass is 9.92. The Bertz CT molecular complexity index is 781. The molecule has 0 saturated heterocycles. The molecule has 4 nitrogen and oxygen atoms in total. The quantitative estimate of drug-likeness (QED) is 0.427. The minimum Gasteiger partial charge on any atom is -0.443 e. The van der Waals surface area contributed by atoms with Gasteiger partial charge in [0.15, 0.2) is 0 Å².